The van der Waals surface area contributed by atoms with E-state index in [1.807, 2.05) is 50.4 Å². The van der Waals surface area contributed by atoms with E-state index in [0.29, 0.717) is 25.1 Å². The Kier molecular flexibility index (Phi) is 8.43. The van der Waals surface area contributed by atoms with Gasteiger partial charge >= 0.3 is 0 Å². The van der Waals surface area contributed by atoms with Crippen LogP contribution in [0.25, 0.3) is 0 Å². The van der Waals surface area contributed by atoms with E-state index in [9.17, 15) is 12.8 Å². The van der Waals surface area contributed by atoms with Crippen molar-refractivity contribution in [3.63, 3.8) is 0 Å². The van der Waals surface area contributed by atoms with E-state index in [0.717, 1.165) is 46.0 Å². The van der Waals surface area contributed by atoms with Crippen LogP contribution in [0, 0.1) is 24.4 Å². The van der Waals surface area contributed by atoms with Crippen LogP contribution in [-0.2, 0) is 22.0 Å². The second-order valence-electron chi connectivity index (χ2n) is 11.6. The van der Waals surface area contributed by atoms with Crippen molar-refractivity contribution in [2.24, 2.45) is 5.41 Å². The van der Waals surface area contributed by atoms with Gasteiger partial charge in [0.1, 0.15) is 0 Å². The van der Waals surface area contributed by atoms with Crippen LogP contribution in [0.15, 0.2) is 84.0 Å². The molecule has 1 N–H and O–H groups in total. The van der Waals surface area contributed by atoms with Crippen molar-refractivity contribution in [2.75, 3.05) is 13.1 Å². The molecule has 0 saturated carbocycles. The molecule has 9 heteroatoms. The number of halogens is 1. The Labute approximate surface area is 246 Å². The highest BCUT2D eigenvalue weighted by atomic mass is 32.2. The molecule has 1 fully saturated rings. The van der Waals surface area contributed by atoms with Gasteiger partial charge in [-0.15, -0.1) is 11.3 Å². The normalized spacial score (nSPS) is 19.0. The van der Waals surface area contributed by atoms with E-state index in [-0.39, 0.29) is 15.6 Å². The van der Waals surface area contributed by atoms with Crippen LogP contribution in [-0.4, -0.2) is 36.4 Å². The van der Waals surface area contributed by atoms with Crippen molar-refractivity contribution >= 4 is 21.4 Å². The summed E-state index contributed by atoms with van der Waals surface area (Å²) >= 11 is 1.15. The Morgan fingerprint density at radius 1 is 1.05 bits per heavy atom. The SMILES string of the molecule is Cc1ccc(S(=O)(=O)NC(c2ccccn2)C2(CCc3ccc(F)s3)CCN(C(C)(C)c3ccc(C)nc3)C2)cc1. The maximum atomic E-state index is 13.9. The highest BCUT2D eigenvalue weighted by molar-refractivity contribution is 7.89. The fraction of sp³-hybridized carbons (Fsp3) is 0.375. The highest BCUT2D eigenvalue weighted by Gasteiger charge is 2.50. The summed E-state index contributed by atoms with van der Waals surface area (Å²) in [5.41, 5.74) is 2.91. The van der Waals surface area contributed by atoms with Crippen molar-refractivity contribution in [3.8, 4) is 0 Å². The van der Waals surface area contributed by atoms with Crippen LogP contribution in [0.1, 0.15) is 60.1 Å². The van der Waals surface area contributed by atoms with E-state index in [2.05, 4.69) is 39.5 Å². The fourth-order valence-electron chi connectivity index (χ4n) is 5.81. The number of rotatable bonds is 10. The summed E-state index contributed by atoms with van der Waals surface area (Å²) in [6.07, 6.45) is 5.70. The third-order valence-electron chi connectivity index (χ3n) is 8.49. The predicted octanol–water partition coefficient (Wildman–Crippen LogP) is 6.57. The van der Waals surface area contributed by atoms with E-state index in [1.165, 1.54) is 6.07 Å². The van der Waals surface area contributed by atoms with Gasteiger partial charge in [-0.05, 0) is 102 Å². The molecule has 3 aromatic heterocycles. The summed E-state index contributed by atoms with van der Waals surface area (Å²) in [5, 5.41) is -0.212. The molecule has 4 heterocycles. The Morgan fingerprint density at radius 3 is 2.46 bits per heavy atom. The van der Waals surface area contributed by atoms with Crippen molar-refractivity contribution < 1.29 is 12.8 Å². The van der Waals surface area contributed by atoms with Crippen molar-refractivity contribution in [1.29, 1.82) is 0 Å². The molecule has 2 atom stereocenters. The Balaban J connectivity index is 1.55. The van der Waals surface area contributed by atoms with Gasteiger partial charge < -0.3 is 0 Å². The molecule has 0 bridgehead atoms. The quantitative estimate of drug-likeness (QED) is 0.225. The van der Waals surface area contributed by atoms with Crippen molar-refractivity contribution in [1.82, 2.24) is 19.6 Å². The van der Waals surface area contributed by atoms with Gasteiger partial charge in [-0.2, -0.15) is 4.39 Å². The van der Waals surface area contributed by atoms with Crippen LogP contribution >= 0.6 is 11.3 Å². The number of nitrogens with one attached hydrogen (secondary N) is 1. The molecule has 0 radical (unpaired) electrons. The van der Waals surface area contributed by atoms with Gasteiger partial charge in [-0.3, -0.25) is 14.9 Å². The first-order valence-electron chi connectivity index (χ1n) is 13.9. The molecule has 0 spiro atoms. The lowest BCUT2D eigenvalue weighted by atomic mass is 9.74. The molecule has 4 aromatic rings. The average molecular weight is 593 g/mol. The van der Waals surface area contributed by atoms with E-state index >= 15 is 0 Å². The summed E-state index contributed by atoms with van der Waals surface area (Å²) in [5.74, 6) is 0. The lowest BCUT2D eigenvalue weighted by molar-refractivity contribution is 0.112. The van der Waals surface area contributed by atoms with Crippen LogP contribution in [0.2, 0.25) is 0 Å². The lowest BCUT2D eigenvalue weighted by Gasteiger charge is -2.41. The predicted molar refractivity (Wildman–Crippen MR) is 162 cm³/mol. The van der Waals surface area contributed by atoms with Crippen LogP contribution in [0.5, 0.6) is 0 Å². The largest absolute Gasteiger partial charge is 0.293 e. The first-order chi connectivity index (χ1) is 19.5. The van der Waals surface area contributed by atoms with Gasteiger partial charge in [-0.1, -0.05) is 29.8 Å². The molecule has 1 aliphatic rings. The standard InChI is InChI=1S/C32H37FN4O2S2/c1-23-8-13-27(14-9-23)41(38,39)36-30(28-7-5-6-19-34-28)32(17-16-26-12-15-29(33)40-26)18-20-37(22-32)31(3,4)25-11-10-24(2)35-21-25/h5-15,19,21,30,36H,16-18,20,22H2,1-4H3. The van der Waals surface area contributed by atoms with Crippen LogP contribution in [0.4, 0.5) is 4.39 Å². The monoisotopic (exact) mass is 592 g/mol. The molecule has 216 valence electrons. The van der Waals surface area contributed by atoms with E-state index < -0.39 is 21.5 Å². The van der Waals surface area contributed by atoms with Gasteiger partial charge in [-0.25, -0.2) is 13.1 Å². The van der Waals surface area contributed by atoms with Gasteiger partial charge in [0.05, 0.1) is 16.6 Å². The Morgan fingerprint density at radius 2 is 1.83 bits per heavy atom. The van der Waals surface area contributed by atoms with Crippen LogP contribution in [0.3, 0.4) is 0 Å². The van der Waals surface area contributed by atoms with Gasteiger partial charge in [0.2, 0.25) is 10.0 Å². The van der Waals surface area contributed by atoms with E-state index in [1.54, 1.807) is 30.5 Å². The Bertz CT molecular complexity index is 1570. The summed E-state index contributed by atoms with van der Waals surface area (Å²) in [6.45, 7) is 9.70. The number of nitrogens with zero attached hydrogens (tertiary/aromatic N) is 3. The van der Waals surface area contributed by atoms with Gasteiger partial charge in [0.25, 0.3) is 0 Å². The average Bonchev–Trinajstić information content (AvgIpc) is 3.59. The molecule has 1 aromatic carbocycles. The smallest absolute Gasteiger partial charge is 0.241 e. The van der Waals surface area contributed by atoms with Crippen LogP contribution < -0.4 is 4.72 Å². The van der Waals surface area contributed by atoms with E-state index in [4.69, 9.17) is 0 Å². The first kappa shape index (κ1) is 29.5. The molecule has 2 unspecified atom stereocenters. The topological polar surface area (TPSA) is 75.2 Å². The zero-order chi connectivity index (χ0) is 29.3. The molecule has 6 nitrogen and oxygen atoms in total. The summed E-state index contributed by atoms with van der Waals surface area (Å²) in [6, 6.07) is 19.4. The number of likely N-dealkylation sites (tertiary alicyclic amines) is 1. The maximum absolute atomic E-state index is 13.9. The Hall–Kier alpha value is -2.98. The van der Waals surface area contributed by atoms with Crippen molar-refractivity contribution in [3.05, 3.63) is 112 Å². The molecule has 0 aliphatic carbocycles. The minimum Gasteiger partial charge on any atom is -0.293 e. The number of aromatic nitrogens is 2. The number of sulfonamides is 1. The fourth-order valence-corrected chi connectivity index (χ4v) is 7.85. The number of pyridine rings is 2. The first-order valence-corrected chi connectivity index (χ1v) is 16.2. The molecule has 1 saturated heterocycles. The summed E-state index contributed by atoms with van der Waals surface area (Å²) < 4.78 is 44.7. The zero-order valence-corrected chi connectivity index (χ0v) is 25.6. The number of aryl methyl sites for hydroxylation is 3. The number of benzene rings is 1. The molecular weight excluding hydrogens is 556 g/mol. The third-order valence-corrected chi connectivity index (χ3v) is 10.9. The second-order valence-corrected chi connectivity index (χ2v) is 14.4. The number of thiophene rings is 1. The second kappa shape index (κ2) is 11.7. The minimum absolute atomic E-state index is 0.212. The van der Waals surface area contributed by atoms with Gasteiger partial charge in [0.15, 0.2) is 5.13 Å². The van der Waals surface area contributed by atoms with Crippen molar-refractivity contribution in [2.45, 2.75) is 63.4 Å². The van der Waals surface area contributed by atoms with Gasteiger partial charge in [0, 0.05) is 40.5 Å². The molecule has 1 aliphatic heterocycles. The zero-order valence-electron chi connectivity index (χ0n) is 24.0. The summed E-state index contributed by atoms with van der Waals surface area (Å²) in [4.78, 5) is 12.8. The molecule has 0 amide bonds. The third kappa shape index (κ3) is 6.43. The number of hydrogen-bond donors (Lipinski definition) is 1. The summed E-state index contributed by atoms with van der Waals surface area (Å²) in [7, 11) is -3.86. The maximum Gasteiger partial charge on any atom is 0.241 e. The molecule has 41 heavy (non-hydrogen) atoms. The molecule has 5 rings (SSSR count). The lowest BCUT2D eigenvalue weighted by Crippen LogP contribution is -2.46. The minimum atomic E-state index is -3.86. The number of hydrogen-bond acceptors (Lipinski definition) is 6. The highest BCUT2D eigenvalue weighted by Crippen LogP contribution is 2.49. The molecular formula is C32H37FN4O2S2.